The molecule has 1 aromatic carbocycles. The van der Waals surface area contributed by atoms with Gasteiger partial charge in [-0.05, 0) is 37.5 Å². The molecule has 102 valence electrons. The maximum Gasteiger partial charge on any atom is 0.337 e. The van der Waals surface area contributed by atoms with Crippen LogP contribution in [0.5, 0.6) is 0 Å². The Morgan fingerprint density at radius 2 is 2.11 bits per heavy atom. The molecule has 5 nitrogen and oxygen atoms in total. The van der Waals surface area contributed by atoms with Gasteiger partial charge >= 0.3 is 12.0 Å². The molecule has 0 radical (unpaired) electrons. The zero-order valence-electron chi connectivity index (χ0n) is 10.5. The number of amides is 2. The lowest BCUT2D eigenvalue weighted by atomic mass is 9.92. The highest BCUT2D eigenvalue weighted by molar-refractivity contribution is 6.31. The fourth-order valence-corrected chi connectivity index (χ4v) is 2.12. The number of carboxylic acids is 1. The van der Waals surface area contributed by atoms with Crippen LogP contribution in [-0.2, 0) is 0 Å². The molecule has 1 saturated carbocycles. The third-order valence-corrected chi connectivity index (χ3v) is 3.63. The van der Waals surface area contributed by atoms with Gasteiger partial charge in [-0.2, -0.15) is 0 Å². The molecule has 2 rings (SSSR count). The van der Waals surface area contributed by atoms with E-state index in [9.17, 15) is 9.59 Å². The minimum atomic E-state index is -1.10. The molecule has 0 spiro atoms. The van der Waals surface area contributed by atoms with Gasteiger partial charge in [-0.15, -0.1) is 0 Å². The first-order valence-corrected chi connectivity index (χ1v) is 6.43. The summed E-state index contributed by atoms with van der Waals surface area (Å²) in [6.45, 7) is 0. The van der Waals surface area contributed by atoms with Gasteiger partial charge in [-0.25, -0.2) is 9.59 Å². The third kappa shape index (κ3) is 2.98. The number of nitrogens with zero attached hydrogens (tertiary/aromatic N) is 1. The van der Waals surface area contributed by atoms with Crippen molar-refractivity contribution in [2.24, 2.45) is 0 Å². The van der Waals surface area contributed by atoms with Crippen molar-refractivity contribution < 1.29 is 14.7 Å². The van der Waals surface area contributed by atoms with Gasteiger partial charge in [0.2, 0.25) is 0 Å². The number of anilines is 1. The topological polar surface area (TPSA) is 69.6 Å². The van der Waals surface area contributed by atoms with Crippen LogP contribution < -0.4 is 5.32 Å². The Morgan fingerprint density at radius 3 is 2.63 bits per heavy atom. The molecule has 2 amide bonds. The molecule has 1 aromatic rings. The lowest BCUT2D eigenvalue weighted by molar-refractivity contribution is 0.0698. The highest BCUT2D eigenvalue weighted by Crippen LogP contribution is 2.25. The minimum Gasteiger partial charge on any atom is -0.478 e. The number of carbonyl (C=O) groups excluding carboxylic acids is 1. The normalized spacial score (nSPS) is 14.6. The predicted molar refractivity (Wildman–Crippen MR) is 72.8 cm³/mol. The summed E-state index contributed by atoms with van der Waals surface area (Å²) in [5.74, 6) is -1.10. The van der Waals surface area contributed by atoms with Crippen molar-refractivity contribution in [1.29, 1.82) is 0 Å². The van der Waals surface area contributed by atoms with Crippen molar-refractivity contribution in [2.45, 2.75) is 25.3 Å². The van der Waals surface area contributed by atoms with E-state index in [4.69, 9.17) is 16.7 Å². The molecular weight excluding hydrogens is 268 g/mol. The van der Waals surface area contributed by atoms with E-state index in [0.29, 0.717) is 5.02 Å². The maximum atomic E-state index is 12.0. The number of carbonyl (C=O) groups is 2. The average Bonchev–Trinajstić information content (AvgIpc) is 2.26. The number of urea groups is 1. The quantitative estimate of drug-likeness (QED) is 0.895. The van der Waals surface area contributed by atoms with Crippen LogP contribution in [0, 0.1) is 0 Å². The van der Waals surface area contributed by atoms with Crippen molar-refractivity contribution in [1.82, 2.24) is 4.90 Å². The molecule has 2 N–H and O–H groups in total. The largest absolute Gasteiger partial charge is 0.478 e. The predicted octanol–water partition coefficient (Wildman–Crippen LogP) is 3.05. The van der Waals surface area contributed by atoms with Crippen LogP contribution in [-0.4, -0.2) is 35.1 Å². The van der Waals surface area contributed by atoms with Crippen molar-refractivity contribution in [3.05, 3.63) is 28.8 Å². The van der Waals surface area contributed by atoms with Crippen molar-refractivity contribution in [2.75, 3.05) is 12.4 Å². The summed E-state index contributed by atoms with van der Waals surface area (Å²) in [7, 11) is 1.71. The smallest absolute Gasteiger partial charge is 0.337 e. The Balaban J connectivity index is 2.15. The number of aromatic carboxylic acids is 1. The fraction of sp³-hybridized carbons (Fsp3) is 0.385. The number of hydrogen-bond acceptors (Lipinski definition) is 2. The Hall–Kier alpha value is -1.75. The van der Waals surface area contributed by atoms with Gasteiger partial charge < -0.3 is 15.3 Å². The first-order valence-electron chi connectivity index (χ1n) is 6.05. The zero-order valence-corrected chi connectivity index (χ0v) is 11.3. The van der Waals surface area contributed by atoms with Crippen LogP contribution in [0.3, 0.4) is 0 Å². The van der Waals surface area contributed by atoms with E-state index in [1.807, 2.05) is 0 Å². The van der Waals surface area contributed by atoms with Crippen LogP contribution in [0.1, 0.15) is 29.6 Å². The molecule has 19 heavy (non-hydrogen) atoms. The Labute approximate surface area is 116 Å². The van der Waals surface area contributed by atoms with Crippen LogP contribution in [0.25, 0.3) is 0 Å². The van der Waals surface area contributed by atoms with E-state index in [1.165, 1.54) is 18.2 Å². The van der Waals surface area contributed by atoms with E-state index in [1.54, 1.807) is 11.9 Å². The fourth-order valence-electron chi connectivity index (χ4n) is 1.95. The maximum absolute atomic E-state index is 12.0. The number of benzene rings is 1. The summed E-state index contributed by atoms with van der Waals surface area (Å²) in [5, 5.41) is 12.1. The molecule has 0 aromatic heterocycles. The second-order valence-corrected chi connectivity index (χ2v) is 5.06. The molecule has 0 aliphatic heterocycles. The Kier molecular flexibility index (Phi) is 3.95. The van der Waals surface area contributed by atoms with Crippen LogP contribution in [0.2, 0.25) is 5.02 Å². The third-order valence-electron chi connectivity index (χ3n) is 3.40. The average molecular weight is 283 g/mol. The summed E-state index contributed by atoms with van der Waals surface area (Å²) in [6, 6.07) is 4.24. The van der Waals surface area contributed by atoms with Crippen LogP contribution >= 0.6 is 11.6 Å². The van der Waals surface area contributed by atoms with Crippen molar-refractivity contribution >= 4 is 29.3 Å². The SMILES string of the molecule is CN(C(=O)Nc1cc(Cl)ccc1C(=O)O)C1CCC1. The minimum absolute atomic E-state index is 0.0276. The number of halogens is 1. The highest BCUT2D eigenvalue weighted by Gasteiger charge is 2.26. The van der Waals surface area contributed by atoms with Gasteiger partial charge in [0.1, 0.15) is 0 Å². The number of carboxylic acid groups (broad SMARTS) is 1. The van der Waals surface area contributed by atoms with Gasteiger partial charge in [0, 0.05) is 18.1 Å². The van der Waals surface area contributed by atoms with Crippen LogP contribution in [0.15, 0.2) is 18.2 Å². The Morgan fingerprint density at radius 1 is 1.42 bits per heavy atom. The first-order chi connectivity index (χ1) is 8.99. The second-order valence-electron chi connectivity index (χ2n) is 4.62. The summed E-state index contributed by atoms with van der Waals surface area (Å²) >= 11 is 5.83. The monoisotopic (exact) mass is 282 g/mol. The molecule has 0 saturated heterocycles. The van der Waals surface area contributed by atoms with Crippen LogP contribution in [0.4, 0.5) is 10.5 Å². The van der Waals surface area contributed by atoms with E-state index in [0.717, 1.165) is 19.3 Å². The van der Waals surface area contributed by atoms with E-state index < -0.39 is 5.97 Å². The molecule has 0 bridgehead atoms. The summed E-state index contributed by atoms with van der Waals surface area (Å²) < 4.78 is 0. The first kappa shape index (κ1) is 13.7. The Bertz CT molecular complexity index is 515. The lowest BCUT2D eigenvalue weighted by Gasteiger charge is -2.34. The molecule has 1 fully saturated rings. The molecular formula is C13H15ClN2O3. The van der Waals surface area contributed by atoms with Gasteiger partial charge in [-0.1, -0.05) is 11.6 Å². The molecule has 1 aliphatic carbocycles. The zero-order chi connectivity index (χ0) is 14.0. The number of hydrogen-bond donors (Lipinski definition) is 2. The van der Waals surface area contributed by atoms with E-state index >= 15 is 0 Å². The van der Waals surface area contributed by atoms with E-state index in [-0.39, 0.29) is 23.3 Å². The molecule has 6 heteroatoms. The summed E-state index contributed by atoms with van der Waals surface area (Å²) in [6.07, 6.45) is 3.11. The molecule has 1 aliphatic rings. The second kappa shape index (κ2) is 5.48. The van der Waals surface area contributed by atoms with Gasteiger partial charge in [0.05, 0.1) is 11.3 Å². The molecule has 0 unspecified atom stereocenters. The van der Waals surface area contributed by atoms with Gasteiger partial charge in [0.25, 0.3) is 0 Å². The number of nitrogens with one attached hydrogen (secondary N) is 1. The summed E-state index contributed by atoms with van der Waals surface area (Å²) in [5.41, 5.74) is 0.246. The summed E-state index contributed by atoms with van der Waals surface area (Å²) in [4.78, 5) is 24.7. The highest BCUT2D eigenvalue weighted by atomic mass is 35.5. The van der Waals surface area contributed by atoms with Crippen molar-refractivity contribution in [3.63, 3.8) is 0 Å². The molecule has 0 atom stereocenters. The van der Waals surface area contributed by atoms with Gasteiger partial charge in [-0.3, -0.25) is 0 Å². The van der Waals surface area contributed by atoms with Gasteiger partial charge in [0.15, 0.2) is 0 Å². The lowest BCUT2D eigenvalue weighted by Crippen LogP contribution is -2.43. The van der Waals surface area contributed by atoms with Crippen molar-refractivity contribution in [3.8, 4) is 0 Å². The molecule has 0 heterocycles. The standard InChI is InChI=1S/C13H15ClN2O3/c1-16(9-3-2-4-9)13(19)15-11-7-8(14)5-6-10(11)12(17)18/h5-7,9H,2-4H2,1H3,(H,15,19)(H,17,18). The van der Waals surface area contributed by atoms with E-state index in [2.05, 4.69) is 5.32 Å². The number of rotatable bonds is 3.